The van der Waals surface area contributed by atoms with E-state index in [-0.39, 0.29) is 18.0 Å². The Morgan fingerprint density at radius 1 is 1.47 bits per heavy atom. The number of carbonyl (C=O) groups excluding carboxylic acids is 1. The molecule has 0 radical (unpaired) electrons. The number of hydrogen-bond acceptors (Lipinski definition) is 3. The van der Waals surface area contributed by atoms with E-state index < -0.39 is 0 Å². The van der Waals surface area contributed by atoms with E-state index in [2.05, 4.69) is 13.8 Å². The van der Waals surface area contributed by atoms with Gasteiger partial charge in [0, 0.05) is 5.92 Å². The van der Waals surface area contributed by atoms with Crippen LogP contribution in [0.5, 0.6) is 0 Å². The Kier molecular flexibility index (Phi) is 4.58. The molecule has 1 aliphatic rings. The third-order valence-electron chi connectivity index (χ3n) is 3.45. The van der Waals surface area contributed by atoms with Crippen molar-refractivity contribution in [3.8, 4) is 0 Å². The predicted octanol–water partition coefficient (Wildman–Crippen LogP) is 2.39. The van der Waals surface area contributed by atoms with Gasteiger partial charge in [0.25, 0.3) is 0 Å². The van der Waals surface area contributed by atoms with E-state index in [1.807, 2.05) is 6.92 Å². The van der Waals surface area contributed by atoms with Gasteiger partial charge < -0.3 is 9.47 Å². The van der Waals surface area contributed by atoms with Gasteiger partial charge in [-0.25, -0.2) is 0 Å². The second-order valence-corrected chi connectivity index (χ2v) is 4.32. The summed E-state index contributed by atoms with van der Waals surface area (Å²) in [6, 6.07) is 0. The lowest BCUT2D eigenvalue weighted by Crippen LogP contribution is -2.28. The van der Waals surface area contributed by atoms with Crippen LogP contribution in [0.4, 0.5) is 0 Å². The summed E-state index contributed by atoms with van der Waals surface area (Å²) in [6.45, 7) is 6.18. The highest BCUT2D eigenvalue weighted by molar-refractivity contribution is 5.72. The molecule has 3 nitrogen and oxygen atoms in total. The first-order valence-corrected chi connectivity index (χ1v) is 5.87. The zero-order valence-electron chi connectivity index (χ0n) is 10.2. The number of ether oxygens (including phenoxy) is 2. The number of hydrogen-bond donors (Lipinski definition) is 0. The molecule has 0 aromatic heterocycles. The summed E-state index contributed by atoms with van der Waals surface area (Å²) < 4.78 is 10.7. The van der Waals surface area contributed by atoms with Gasteiger partial charge in [0.2, 0.25) is 0 Å². The summed E-state index contributed by atoms with van der Waals surface area (Å²) in [7, 11) is 1.45. The van der Waals surface area contributed by atoms with Crippen molar-refractivity contribution in [2.75, 3.05) is 7.11 Å². The quantitative estimate of drug-likeness (QED) is 0.674. The predicted molar refractivity (Wildman–Crippen MR) is 58.5 cm³/mol. The molecule has 0 spiro atoms. The molecule has 1 rings (SSSR count). The maximum Gasteiger partial charge on any atom is 0.308 e. The van der Waals surface area contributed by atoms with Crippen molar-refractivity contribution in [3.05, 3.63) is 0 Å². The highest BCUT2D eigenvalue weighted by atomic mass is 16.5. The molecule has 0 N–H and O–H groups in total. The van der Waals surface area contributed by atoms with Crippen LogP contribution in [-0.4, -0.2) is 25.3 Å². The van der Waals surface area contributed by atoms with Gasteiger partial charge in [0.15, 0.2) is 0 Å². The summed E-state index contributed by atoms with van der Waals surface area (Å²) in [5.41, 5.74) is 0. The number of rotatable bonds is 4. The Morgan fingerprint density at radius 2 is 2.13 bits per heavy atom. The van der Waals surface area contributed by atoms with Crippen LogP contribution in [0.1, 0.15) is 40.0 Å². The number of methoxy groups -OCH3 is 1. The summed E-state index contributed by atoms with van der Waals surface area (Å²) in [5.74, 6) is 0.169. The minimum absolute atomic E-state index is 0.0449. The molecular weight excluding hydrogens is 192 g/mol. The molecule has 15 heavy (non-hydrogen) atoms. The van der Waals surface area contributed by atoms with Crippen LogP contribution in [0, 0.1) is 11.8 Å². The fraction of sp³-hybridized carbons (Fsp3) is 0.917. The first-order chi connectivity index (χ1) is 7.13. The monoisotopic (exact) mass is 214 g/mol. The van der Waals surface area contributed by atoms with Gasteiger partial charge in [-0.1, -0.05) is 20.8 Å². The fourth-order valence-corrected chi connectivity index (χ4v) is 2.41. The molecule has 1 saturated heterocycles. The van der Waals surface area contributed by atoms with Crippen molar-refractivity contribution in [1.82, 2.24) is 0 Å². The zero-order valence-corrected chi connectivity index (χ0v) is 10.2. The van der Waals surface area contributed by atoms with Crippen LogP contribution >= 0.6 is 0 Å². The second kappa shape index (κ2) is 5.50. The molecule has 1 aliphatic heterocycles. The van der Waals surface area contributed by atoms with Crippen LogP contribution in [0.15, 0.2) is 0 Å². The second-order valence-electron chi connectivity index (χ2n) is 4.32. The van der Waals surface area contributed by atoms with Crippen molar-refractivity contribution in [2.24, 2.45) is 11.8 Å². The van der Waals surface area contributed by atoms with Crippen molar-refractivity contribution >= 4 is 5.97 Å². The average molecular weight is 214 g/mol. The minimum Gasteiger partial charge on any atom is -0.469 e. The Morgan fingerprint density at radius 3 is 2.60 bits per heavy atom. The normalized spacial score (nSPS) is 32.7. The van der Waals surface area contributed by atoms with E-state index in [1.54, 1.807) is 0 Å². The van der Waals surface area contributed by atoms with E-state index in [0.717, 1.165) is 19.3 Å². The van der Waals surface area contributed by atoms with Gasteiger partial charge in [-0.3, -0.25) is 4.79 Å². The lowest BCUT2D eigenvalue weighted by Gasteiger charge is -2.21. The number of esters is 1. The molecule has 0 bridgehead atoms. The van der Waals surface area contributed by atoms with Gasteiger partial charge in [0.1, 0.15) is 0 Å². The van der Waals surface area contributed by atoms with E-state index in [1.165, 1.54) is 7.11 Å². The molecule has 0 aromatic rings. The number of carbonyl (C=O) groups is 1. The first kappa shape index (κ1) is 12.5. The van der Waals surface area contributed by atoms with E-state index >= 15 is 0 Å². The van der Waals surface area contributed by atoms with Crippen molar-refractivity contribution in [3.63, 3.8) is 0 Å². The highest BCUT2D eigenvalue weighted by Crippen LogP contribution is 2.35. The molecule has 0 aliphatic carbocycles. The molecular formula is C12H22O3. The molecule has 4 unspecified atom stereocenters. The summed E-state index contributed by atoms with van der Waals surface area (Å²) >= 11 is 0. The highest BCUT2D eigenvalue weighted by Gasteiger charge is 2.39. The molecule has 0 amide bonds. The van der Waals surface area contributed by atoms with Crippen LogP contribution in [0.3, 0.4) is 0 Å². The third kappa shape index (κ3) is 2.71. The van der Waals surface area contributed by atoms with Crippen LogP contribution in [0.25, 0.3) is 0 Å². The lowest BCUT2D eigenvalue weighted by molar-refractivity contribution is -0.147. The first-order valence-electron chi connectivity index (χ1n) is 5.87. The van der Waals surface area contributed by atoms with Gasteiger partial charge in [-0.15, -0.1) is 0 Å². The summed E-state index contributed by atoms with van der Waals surface area (Å²) in [5, 5.41) is 0. The van der Waals surface area contributed by atoms with Crippen LogP contribution in [-0.2, 0) is 14.3 Å². The average Bonchev–Trinajstić information content (AvgIpc) is 2.69. The molecule has 1 fully saturated rings. The Labute approximate surface area is 92.1 Å². The molecule has 3 heteroatoms. The van der Waals surface area contributed by atoms with Crippen LogP contribution in [0.2, 0.25) is 0 Å². The SMILES string of the molecule is CCC1CC(C(C)C(=O)OC)C(CC)O1. The molecule has 88 valence electrons. The van der Waals surface area contributed by atoms with E-state index in [4.69, 9.17) is 9.47 Å². The van der Waals surface area contributed by atoms with Gasteiger partial charge in [-0.2, -0.15) is 0 Å². The van der Waals surface area contributed by atoms with Gasteiger partial charge >= 0.3 is 5.97 Å². The molecule has 0 aromatic carbocycles. The topological polar surface area (TPSA) is 35.5 Å². The molecule has 4 atom stereocenters. The maximum atomic E-state index is 11.5. The Balaban J connectivity index is 2.63. The van der Waals surface area contributed by atoms with E-state index in [0.29, 0.717) is 12.0 Å². The Bertz CT molecular complexity index is 215. The minimum atomic E-state index is -0.112. The van der Waals surface area contributed by atoms with E-state index in [9.17, 15) is 4.79 Å². The van der Waals surface area contributed by atoms with Crippen molar-refractivity contribution in [1.29, 1.82) is 0 Å². The fourth-order valence-electron chi connectivity index (χ4n) is 2.41. The van der Waals surface area contributed by atoms with Crippen LogP contribution < -0.4 is 0 Å². The Hall–Kier alpha value is -0.570. The van der Waals surface area contributed by atoms with Gasteiger partial charge in [-0.05, 0) is 19.3 Å². The summed E-state index contributed by atoms with van der Waals surface area (Å²) in [6.07, 6.45) is 3.55. The maximum absolute atomic E-state index is 11.5. The molecule has 0 saturated carbocycles. The third-order valence-corrected chi connectivity index (χ3v) is 3.45. The standard InChI is InChI=1S/C12H22O3/c1-5-9-7-10(11(6-2)15-9)8(3)12(13)14-4/h8-11H,5-7H2,1-4H3. The van der Waals surface area contributed by atoms with Crippen molar-refractivity contribution in [2.45, 2.75) is 52.2 Å². The largest absolute Gasteiger partial charge is 0.469 e. The van der Waals surface area contributed by atoms with Crippen molar-refractivity contribution < 1.29 is 14.3 Å². The zero-order chi connectivity index (χ0) is 11.4. The smallest absolute Gasteiger partial charge is 0.308 e. The lowest BCUT2D eigenvalue weighted by atomic mass is 9.85. The molecule has 1 heterocycles. The van der Waals surface area contributed by atoms with Gasteiger partial charge in [0.05, 0.1) is 25.2 Å². The summed E-state index contributed by atoms with van der Waals surface area (Å²) in [4.78, 5) is 11.5.